The molecule has 0 unspecified atom stereocenters. The van der Waals surface area contributed by atoms with Crippen LogP contribution in [0.1, 0.15) is 15.9 Å². The highest BCUT2D eigenvalue weighted by Gasteiger charge is 2.24. The van der Waals surface area contributed by atoms with E-state index in [1.165, 1.54) is 22.3 Å². The smallest absolute Gasteiger partial charge is 0.260 e. The molecule has 2 heterocycles. The molecule has 0 saturated carbocycles. The number of quaternary nitrogens is 1. The second-order valence-corrected chi connectivity index (χ2v) is 8.03. The van der Waals surface area contributed by atoms with Crippen LogP contribution in [0.25, 0.3) is 10.2 Å². The molecule has 1 saturated heterocycles. The standard InChI is InChI=1S/C21H22FN3O2S/c1-15-4-2-5-16(14-15)20(26)25(9-8-24-10-12-27-13-11-24)21-23-19-17(22)6-3-7-18(19)28-21/h2-7,14H,8-13H2,1H3/p+1. The number of aryl methyl sites for hydroxylation is 1. The number of anilines is 1. The first-order valence-electron chi connectivity index (χ1n) is 9.47. The van der Waals surface area contributed by atoms with Gasteiger partial charge in [-0.05, 0) is 31.2 Å². The summed E-state index contributed by atoms with van der Waals surface area (Å²) in [6, 6.07) is 12.4. The van der Waals surface area contributed by atoms with E-state index in [1.807, 2.05) is 37.3 Å². The SMILES string of the molecule is Cc1cccc(C(=O)N(CC[NH+]2CCOCC2)c2nc3c(F)cccc3s2)c1. The lowest BCUT2D eigenvalue weighted by atomic mass is 10.1. The van der Waals surface area contributed by atoms with Crippen molar-refractivity contribution in [1.82, 2.24) is 4.98 Å². The van der Waals surface area contributed by atoms with Crippen molar-refractivity contribution in [3.63, 3.8) is 0 Å². The van der Waals surface area contributed by atoms with Gasteiger partial charge in [0.05, 0.1) is 31.0 Å². The van der Waals surface area contributed by atoms with Gasteiger partial charge in [-0.15, -0.1) is 0 Å². The lowest BCUT2D eigenvalue weighted by molar-refractivity contribution is -0.906. The number of carbonyl (C=O) groups excluding carboxylic acids is 1. The molecule has 1 N–H and O–H groups in total. The fourth-order valence-corrected chi connectivity index (χ4v) is 4.42. The predicted octanol–water partition coefficient (Wildman–Crippen LogP) is 2.31. The molecule has 2 aromatic carbocycles. The number of fused-ring (bicyclic) bond motifs is 1. The predicted molar refractivity (Wildman–Crippen MR) is 109 cm³/mol. The van der Waals surface area contributed by atoms with Crippen molar-refractivity contribution in [1.29, 1.82) is 0 Å². The minimum absolute atomic E-state index is 0.101. The molecule has 1 amide bonds. The third-order valence-corrected chi connectivity index (χ3v) is 6.03. The number of carbonyl (C=O) groups is 1. The zero-order chi connectivity index (χ0) is 19.5. The quantitative estimate of drug-likeness (QED) is 0.715. The second kappa shape index (κ2) is 8.34. The Hall–Kier alpha value is -2.35. The third-order valence-electron chi connectivity index (χ3n) is 4.99. The maximum absolute atomic E-state index is 14.1. The molecular formula is C21H23FN3O2S+. The number of rotatable bonds is 5. The average Bonchev–Trinajstić information content (AvgIpc) is 3.14. The van der Waals surface area contributed by atoms with Gasteiger partial charge < -0.3 is 9.64 Å². The largest absolute Gasteiger partial charge is 0.370 e. The van der Waals surface area contributed by atoms with Crippen molar-refractivity contribution in [2.24, 2.45) is 0 Å². The minimum atomic E-state index is -0.359. The molecule has 4 rings (SSSR count). The van der Waals surface area contributed by atoms with E-state index < -0.39 is 0 Å². The summed E-state index contributed by atoms with van der Waals surface area (Å²) in [7, 11) is 0. The summed E-state index contributed by atoms with van der Waals surface area (Å²) in [6.07, 6.45) is 0. The van der Waals surface area contributed by atoms with Gasteiger partial charge in [0.15, 0.2) is 5.13 Å². The number of benzene rings is 2. The first-order chi connectivity index (χ1) is 13.6. The summed E-state index contributed by atoms with van der Waals surface area (Å²) >= 11 is 1.35. The molecule has 1 fully saturated rings. The van der Waals surface area contributed by atoms with Gasteiger partial charge in [-0.3, -0.25) is 9.69 Å². The van der Waals surface area contributed by atoms with Crippen LogP contribution < -0.4 is 9.80 Å². The average molecular weight is 400 g/mol. The molecular weight excluding hydrogens is 377 g/mol. The number of nitrogens with zero attached hydrogens (tertiary/aromatic N) is 2. The Kier molecular flexibility index (Phi) is 5.66. The first-order valence-corrected chi connectivity index (χ1v) is 10.3. The van der Waals surface area contributed by atoms with Gasteiger partial charge in [-0.2, -0.15) is 0 Å². The van der Waals surface area contributed by atoms with Crippen LogP contribution in [0.4, 0.5) is 9.52 Å². The van der Waals surface area contributed by atoms with Crippen molar-refractivity contribution >= 4 is 32.6 Å². The Bertz CT molecular complexity index is 985. The van der Waals surface area contributed by atoms with Crippen molar-refractivity contribution in [2.45, 2.75) is 6.92 Å². The van der Waals surface area contributed by atoms with Crippen LogP contribution in [-0.2, 0) is 4.74 Å². The number of halogens is 1. The van der Waals surface area contributed by atoms with Gasteiger partial charge in [0, 0.05) is 5.56 Å². The summed E-state index contributed by atoms with van der Waals surface area (Å²) in [5.41, 5.74) is 1.97. The van der Waals surface area contributed by atoms with E-state index in [4.69, 9.17) is 4.74 Å². The number of para-hydroxylation sites is 1. The van der Waals surface area contributed by atoms with Crippen molar-refractivity contribution in [2.75, 3.05) is 44.3 Å². The maximum atomic E-state index is 14.1. The zero-order valence-corrected chi connectivity index (χ0v) is 16.6. The van der Waals surface area contributed by atoms with E-state index in [1.54, 1.807) is 11.0 Å². The summed E-state index contributed by atoms with van der Waals surface area (Å²) in [5.74, 6) is -0.461. The second-order valence-electron chi connectivity index (χ2n) is 7.02. The van der Waals surface area contributed by atoms with E-state index in [2.05, 4.69) is 4.98 Å². The number of amides is 1. The van der Waals surface area contributed by atoms with E-state index in [9.17, 15) is 9.18 Å². The molecule has 28 heavy (non-hydrogen) atoms. The number of nitrogens with one attached hydrogen (secondary N) is 1. The number of hydrogen-bond donors (Lipinski definition) is 1. The normalized spacial score (nSPS) is 15.1. The number of morpholine rings is 1. The summed E-state index contributed by atoms with van der Waals surface area (Å²) in [4.78, 5) is 20.9. The van der Waals surface area contributed by atoms with E-state index in [-0.39, 0.29) is 11.7 Å². The Balaban J connectivity index is 1.65. The van der Waals surface area contributed by atoms with Crippen LogP contribution in [0.5, 0.6) is 0 Å². The topological polar surface area (TPSA) is 46.9 Å². The van der Waals surface area contributed by atoms with Gasteiger partial charge in [-0.1, -0.05) is 35.1 Å². The number of thiazole rings is 1. The highest BCUT2D eigenvalue weighted by Crippen LogP contribution is 2.31. The maximum Gasteiger partial charge on any atom is 0.260 e. The van der Waals surface area contributed by atoms with Crippen molar-refractivity contribution < 1.29 is 18.8 Å². The molecule has 5 nitrogen and oxygen atoms in total. The van der Waals surface area contributed by atoms with E-state index in [0.717, 1.165) is 43.1 Å². The van der Waals surface area contributed by atoms with Crippen LogP contribution in [0.15, 0.2) is 42.5 Å². The summed E-state index contributed by atoms with van der Waals surface area (Å²) < 4.78 is 20.3. The highest BCUT2D eigenvalue weighted by atomic mass is 32.1. The van der Waals surface area contributed by atoms with E-state index >= 15 is 0 Å². The van der Waals surface area contributed by atoms with Crippen LogP contribution in [-0.4, -0.2) is 50.3 Å². The Labute approximate surface area is 167 Å². The molecule has 0 atom stereocenters. The lowest BCUT2D eigenvalue weighted by Crippen LogP contribution is -3.14. The Morgan fingerprint density at radius 2 is 2.04 bits per heavy atom. The molecule has 1 aromatic heterocycles. The Morgan fingerprint density at radius 3 is 2.79 bits per heavy atom. The van der Waals surface area contributed by atoms with Gasteiger partial charge in [0.25, 0.3) is 5.91 Å². The Morgan fingerprint density at radius 1 is 1.25 bits per heavy atom. The molecule has 146 valence electrons. The number of ether oxygens (including phenoxy) is 1. The zero-order valence-electron chi connectivity index (χ0n) is 15.8. The van der Waals surface area contributed by atoms with Crippen molar-refractivity contribution in [3.8, 4) is 0 Å². The van der Waals surface area contributed by atoms with E-state index in [0.29, 0.717) is 22.8 Å². The molecule has 7 heteroatoms. The lowest BCUT2D eigenvalue weighted by Gasteiger charge is -2.27. The molecule has 0 bridgehead atoms. The summed E-state index contributed by atoms with van der Waals surface area (Å²) in [6.45, 7) is 6.65. The minimum Gasteiger partial charge on any atom is -0.370 e. The molecule has 0 spiro atoms. The van der Waals surface area contributed by atoms with Gasteiger partial charge in [0.2, 0.25) is 0 Å². The van der Waals surface area contributed by atoms with Crippen LogP contribution in [0.2, 0.25) is 0 Å². The number of hydrogen-bond acceptors (Lipinski definition) is 4. The molecule has 0 aliphatic carbocycles. The molecule has 1 aliphatic heterocycles. The van der Waals surface area contributed by atoms with Crippen LogP contribution >= 0.6 is 11.3 Å². The molecule has 3 aromatic rings. The molecule has 1 aliphatic rings. The van der Waals surface area contributed by atoms with Crippen molar-refractivity contribution in [3.05, 3.63) is 59.4 Å². The fraction of sp³-hybridized carbons (Fsp3) is 0.333. The number of aromatic nitrogens is 1. The fourth-order valence-electron chi connectivity index (χ4n) is 3.42. The van der Waals surface area contributed by atoms with Crippen LogP contribution in [0, 0.1) is 12.7 Å². The first kappa shape index (κ1) is 19.0. The van der Waals surface area contributed by atoms with Gasteiger partial charge in [0.1, 0.15) is 24.4 Å². The highest BCUT2D eigenvalue weighted by molar-refractivity contribution is 7.22. The van der Waals surface area contributed by atoms with Crippen LogP contribution in [0.3, 0.4) is 0 Å². The third kappa shape index (κ3) is 4.06. The monoisotopic (exact) mass is 400 g/mol. The van der Waals surface area contributed by atoms with Gasteiger partial charge >= 0.3 is 0 Å². The molecule has 0 radical (unpaired) electrons. The summed E-state index contributed by atoms with van der Waals surface area (Å²) in [5, 5.41) is 0.541. The van der Waals surface area contributed by atoms with Gasteiger partial charge in [-0.25, -0.2) is 9.37 Å².